The lowest BCUT2D eigenvalue weighted by molar-refractivity contribution is -0.128. The van der Waals surface area contributed by atoms with Crippen LogP contribution in [0.25, 0.3) is 0 Å². The van der Waals surface area contributed by atoms with Gasteiger partial charge in [0.2, 0.25) is 0 Å². The van der Waals surface area contributed by atoms with Crippen molar-refractivity contribution in [3.8, 4) is 0 Å². The highest BCUT2D eigenvalue weighted by Crippen LogP contribution is 2.36. The largest absolute Gasteiger partial charge is 0.444 e. The molecule has 1 atom stereocenters. The average molecular weight is 295 g/mol. The van der Waals surface area contributed by atoms with Crippen LogP contribution in [0.2, 0.25) is 0 Å². The molecule has 0 aromatic carbocycles. The Hall–Kier alpha value is -1.06. The smallest absolute Gasteiger partial charge is 0.410 e. The molecule has 1 aliphatic heterocycles. The predicted octanol–water partition coefficient (Wildman–Crippen LogP) is 3.64. The van der Waals surface area contributed by atoms with E-state index in [1.807, 2.05) is 20.8 Å². The van der Waals surface area contributed by atoms with Crippen molar-refractivity contribution < 1.29 is 14.3 Å². The van der Waals surface area contributed by atoms with Crippen LogP contribution in [0.5, 0.6) is 0 Å². The van der Waals surface area contributed by atoms with Crippen molar-refractivity contribution in [3.63, 3.8) is 0 Å². The third kappa shape index (κ3) is 4.45. The van der Waals surface area contributed by atoms with Gasteiger partial charge in [0.05, 0.1) is 0 Å². The van der Waals surface area contributed by atoms with Crippen LogP contribution in [0.15, 0.2) is 0 Å². The van der Waals surface area contributed by atoms with Crippen molar-refractivity contribution in [3.05, 3.63) is 0 Å². The Morgan fingerprint density at radius 1 is 1.19 bits per heavy atom. The van der Waals surface area contributed by atoms with Gasteiger partial charge in [0.15, 0.2) is 0 Å². The molecule has 1 saturated carbocycles. The van der Waals surface area contributed by atoms with E-state index in [1.165, 1.54) is 12.8 Å². The van der Waals surface area contributed by atoms with E-state index in [2.05, 4.69) is 6.92 Å². The molecule has 120 valence electrons. The fraction of sp³-hybridized carbons (Fsp3) is 0.882. The minimum Gasteiger partial charge on any atom is -0.444 e. The van der Waals surface area contributed by atoms with Crippen LogP contribution in [-0.4, -0.2) is 35.5 Å². The number of likely N-dealkylation sites (tertiary alicyclic amines) is 1. The molecule has 4 nitrogen and oxygen atoms in total. The van der Waals surface area contributed by atoms with Gasteiger partial charge in [-0.3, -0.25) is 4.79 Å². The van der Waals surface area contributed by atoms with Crippen molar-refractivity contribution in [1.82, 2.24) is 4.90 Å². The first kappa shape index (κ1) is 16.3. The second-order valence-electron chi connectivity index (χ2n) is 7.77. The fourth-order valence-electron chi connectivity index (χ4n) is 3.45. The summed E-state index contributed by atoms with van der Waals surface area (Å²) in [5.41, 5.74) is -0.478. The van der Waals surface area contributed by atoms with Gasteiger partial charge >= 0.3 is 6.09 Å². The molecule has 0 bridgehead atoms. The van der Waals surface area contributed by atoms with Gasteiger partial charge < -0.3 is 9.64 Å². The highest BCUT2D eigenvalue weighted by atomic mass is 16.6. The maximum Gasteiger partial charge on any atom is 0.410 e. The Balaban J connectivity index is 1.96. The lowest BCUT2D eigenvalue weighted by atomic mass is 9.73. The monoisotopic (exact) mass is 295 g/mol. The molecule has 0 aromatic heterocycles. The van der Waals surface area contributed by atoms with Gasteiger partial charge in [-0.15, -0.1) is 0 Å². The van der Waals surface area contributed by atoms with E-state index < -0.39 is 5.60 Å². The van der Waals surface area contributed by atoms with Gasteiger partial charge in [-0.1, -0.05) is 19.8 Å². The van der Waals surface area contributed by atoms with Crippen LogP contribution in [0.1, 0.15) is 59.8 Å². The highest BCUT2D eigenvalue weighted by Gasteiger charge is 2.37. The second kappa shape index (κ2) is 6.37. The van der Waals surface area contributed by atoms with Gasteiger partial charge in [-0.2, -0.15) is 0 Å². The quantitative estimate of drug-likeness (QED) is 0.742. The van der Waals surface area contributed by atoms with Crippen LogP contribution in [-0.2, 0) is 9.53 Å². The maximum atomic E-state index is 12.2. The van der Waals surface area contributed by atoms with E-state index in [0.29, 0.717) is 31.2 Å². The zero-order chi connectivity index (χ0) is 15.6. The van der Waals surface area contributed by atoms with Crippen LogP contribution in [0.4, 0.5) is 4.79 Å². The Bertz CT molecular complexity index is 391. The molecule has 1 saturated heterocycles. The van der Waals surface area contributed by atoms with E-state index in [4.69, 9.17) is 4.74 Å². The summed E-state index contributed by atoms with van der Waals surface area (Å²) in [7, 11) is 0. The molecule has 1 amide bonds. The first-order valence-corrected chi connectivity index (χ1v) is 8.27. The maximum absolute atomic E-state index is 12.2. The van der Waals surface area contributed by atoms with Gasteiger partial charge in [-0.25, -0.2) is 4.79 Å². The number of rotatable bonds is 1. The minimum absolute atomic E-state index is 0.0266. The number of hydrogen-bond donors (Lipinski definition) is 0. The predicted molar refractivity (Wildman–Crippen MR) is 82.0 cm³/mol. The molecule has 2 rings (SSSR count). The van der Waals surface area contributed by atoms with Crippen molar-refractivity contribution >= 4 is 11.9 Å². The SMILES string of the molecule is CC1CCC(C2CN(C(=O)OC(C)(C)C)CCC2=O)CC1. The Morgan fingerprint density at radius 2 is 1.81 bits per heavy atom. The summed E-state index contributed by atoms with van der Waals surface area (Å²) in [6.45, 7) is 8.96. The summed E-state index contributed by atoms with van der Waals surface area (Å²) in [5.74, 6) is 1.61. The second-order valence-corrected chi connectivity index (χ2v) is 7.77. The summed E-state index contributed by atoms with van der Waals surface area (Å²) in [6.07, 6.45) is 4.88. The minimum atomic E-state index is -0.478. The molecule has 0 aromatic rings. The van der Waals surface area contributed by atoms with Gasteiger partial charge in [0.1, 0.15) is 11.4 Å². The van der Waals surface area contributed by atoms with Crippen LogP contribution >= 0.6 is 0 Å². The molecule has 1 heterocycles. The van der Waals surface area contributed by atoms with Crippen molar-refractivity contribution in [1.29, 1.82) is 0 Å². The zero-order valence-electron chi connectivity index (χ0n) is 13.9. The average Bonchev–Trinajstić information content (AvgIpc) is 2.38. The summed E-state index contributed by atoms with van der Waals surface area (Å²) in [6, 6.07) is 0. The zero-order valence-corrected chi connectivity index (χ0v) is 13.9. The van der Waals surface area contributed by atoms with Gasteiger partial charge in [0.25, 0.3) is 0 Å². The number of piperidine rings is 1. The molecule has 0 N–H and O–H groups in total. The van der Waals surface area contributed by atoms with Crippen molar-refractivity contribution in [2.45, 2.75) is 65.4 Å². The number of ketones is 1. The number of ether oxygens (including phenoxy) is 1. The molecule has 1 unspecified atom stereocenters. The third-order valence-electron chi connectivity index (χ3n) is 4.74. The number of Topliss-reactive ketones (excluding diaryl/α,β-unsaturated/α-hetero) is 1. The number of amides is 1. The Morgan fingerprint density at radius 3 is 2.38 bits per heavy atom. The summed E-state index contributed by atoms with van der Waals surface area (Å²) >= 11 is 0. The van der Waals surface area contributed by atoms with E-state index >= 15 is 0 Å². The number of carbonyl (C=O) groups excluding carboxylic acids is 2. The summed E-state index contributed by atoms with van der Waals surface area (Å²) in [5, 5.41) is 0. The molecule has 1 aliphatic carbocycles. The van der Waals surface area contributed by atoms with Crippen molar-refractivity contribution in [2.75, 3.05) is 13.1 Å². The van der Waals surface area contributed by atoms with Crippen molar-refractivity contribution in [2.24, 2.45) is 17.8 Å². The molecule has 0 radical (unpaired) electrons. The summed E-state index contributed by atoms with van der Waals surface area (Å²) < 4.78 is 5.44. The molecule has 4 heteroatoms. The van der Waals surface area contributed by atoms with E-state index in [-0.39, 0.29) is 12.0 Å². The summed E-state index contributed by atoms with van der Waals surface area (Å²) in [4.78, 5) is 26.2. The molecule has 2 fully saturated rings. The van der Waals surface area contributed by atoms with Gasteiger partial charge in [-0.05, 0) is 45.4 Å². The first-order valence-electron chi connectivity index (χ1n) is 8.27. The Labute approximate surface area is 128 Å². The molecular weight excluding hydrogens is 266 g/mol. The molecule has 21 heavy (non-hydrogen) atoms. The standard InChI is InChI=1S/C17H29NO3/c1-12-5-7-13(8-6-12)14-11-18(10-9-15(14)19)16(20)21-17(2,3)4/h12-14H,5-11H2,1-4H3. The molecule has 0 spiro atoms. The van der Waals surface area contributed by atoms with Crippen LogP contribution < -0.4 is 0 Å². The fourth-order valence-corrected chi connectivity index (χ4v) is 3.45. The lowest BCUT2D eigenvalue weighted by Gasteiger charge is -2.38. The van der Waals surface area contributed by atoms with E-state index in [9.17, 15) is 9.59 Å². The van der Waals surface area contributed by atoms with E-state index in [0.717, 1.165) is 18.8 Å². The number of carbonyl (C=O) groups is 2. The molecule has 2 aliphatic rings. The topological polar surface area (TPSA) is 46.6 Å². The lowest BCUT2D eigenvalue weighted by Crippen LogP contribution is -2.48. The van der Waals surface area contributed by atoms with Crippen LogP contribution in [0, 0.1) is 17.8 Å². The number of hydrogen-bond acceptors (Lipinski definition) is 3. The molecular formula is C17H29NO3. The number of nitrogens with zero attached hydrogens (tertiary/aromatic N) is 1. The Kier molecular flexibility index (Phi) is 4.95. The first-order chi connectivity index (χ1) is 9.76. The van der Waals surface area contributed by atoms with E-state index in [1.54, 1.807) is 4.90 Å². The highest BCUT2D eigenvalue weighted by molar-refractivity contribution is 5.84. The van der Waals surface area contributed by atoms with Gasteiger partial charge in [0, 0.05) is 25.4 Å². The third-order valence-corrected chi connectivity index (χ3v) is 4.74. The van der Waals surface area contributed by atoms with Crippen LogP contribution in [0.3, 0.4) is 0 Å². The normalized spacial score (nSPS) is 31.1.